The molecule has 0 radical (unpaired) electrons. The number of carbonyl (C=O) groups is 1. The molecule has 138 valence electrons. The van der Waals surface area contributed by atoms with Crippen molar-refractivity contribution in [2.24, 2.45) is 0 Å². The molecule has 0 saturated carbocycles. The van der Waals surface area contributed by atoms with Crippen LogP contribution in [-0.2, 0) is 10.0 Å². The molecular formula is C17H21N5O3S. The van der Waals surface area contributed by atoms with Gasteiger partial charge in [0.1, 0.15) is 0 Å². The van der Waals surface area contributed by atoms with E-state index in [1.165, 1.54) is 26.2 Å². The lowest BCUT2D eigenvalue weighted by atomic mass is 10.2. The van der Waals surface area contributed by atoms with Crippen molar-refractivity contribution in [1.82, 2.24) is 19.4 Å². The Bertz CT molecular complexity index is 861. The van der Waals surface area contributed by atoms with Crippen molar-refractivity contribution in [2.45, 2.75) is 4.90 Å². The van der Waals surface area contributed by atoms with E-state index in [-0.39, 0.29) is 10.8 Å². The molecule has 1 amide bonds. The highest BCUT2D eigenvalue weighted by Gasteiger charge is 2.24. The number of amides is 1. The first kappa shape index (κ1) is 18.3. The maximum atomic E-state index is 12.7. The van der Waals surface area contributed by atoms with E-state index in [0.717, 1.165) is 10.1 Å². The topological polar surface area (TPSA) is 86.7 Å². The van der Waals surface area contributed by atoms with Crippen LogP contribution < -0.4 is 4.90 Å². The molecule has 1 aromatic carbocycles. The van der Waals surface area contributed by atoms with Crippen LogP contribution >= 0.6 is 0 Å². The van der Waals surface area contributed by atoms with Gasteiger partial charge in [0.05, 0.1) is 4.90 Å². The Hall–Kier alpha value is -2.52. The second-order valence-corrected chi connectivity index (χ2v) is 8.32. The summed E-state index contributed by atoms with van der Waals surface area (Å²) in [5, 5.41) is 7.97. The van der Waals surface area contributed by atoms with Crippen molar-refractivity contribution >= 4 is 21.7 Å². The number of nitrogens with zero attached hydrogens (tertiary/aromatic N) is 5. The van der Waals surface area contributed by atoms with Gasteiger partial charge in [0, 0.05) is 52.0 Å². The average molecular weight is 375 g/mol. The molecule has 8 nitrogen and oxygen atoms in total. The fraction of sp³-hybridized carbons (Fsp3) is 0.353. The predicted molar refractivity (Wildman–Crippen MR) is 97.5 cm³/mol. The normalized spacial score (nSPS) is 15.3. The molecule has 1 fully saturated rings. The molecule has 9 heteroatoms. The third-order valence-electron chi connectivity index (χ3n) is 4.33. The molecule has 0 aliphatic carbocycles. The van der Waals surface area contributed by atoms with Crippen LogP contribution in [0.1, 0.15) is 10.4 Å². The lowest BCUT2D eigenvalue weighted by molar-refractivity contribution is 0.0746. The van der Waals surface area contributed by atoms with Crippen LogP contribution in [0.4, 0.5) is 5.82 Å². The Labute approximate surface area is 153 Å². The predicted octanol–water partition coefficient (Wildman–Crippen LogP) is 0.689. The molecule has 1 saturated heterocycles. The number of benzene rings is 1. The summed E-state index contributed by atoms with van der Waals surface area (Å²) >= 11 is 0. The number of hydrogen-bond donors (Lipinski definition) is 0. The minimum absolute atomic E-state index is 0.0994. The molecule has 0 spiro atoms. The van der Waals surface area contributed by atoms with E-state index in [1.54, 1.807) is 23.2 Å². The van der Waals surface area contributed by atoms with Gasteiger partial charge >= 0.3 is 0 Å². The summed E-state index contributed by atoms with van der Waals surface area (Å²) in [6, 6.07) is 9.80. The van der Waals surface area contributed by atoms with Crippen LogP contribution in [0, 0.1) is 0 Å². The van der Waals surface area contributed by atoms with Gasteiger partial charge < -0.3 is 9.80 Å². The van der Waals surface area contributed by atoms with Gasteiger partial charge in [0.25, 0.3) is 5.91 Å². The monoisotopic (exact) mass is 375 g/mol. The van der Waals surface area contributed by atoms with Gasteiger partial charge in [-0.2, -0.15) is 5.10 Å². The van der Waals surface area contributed by atoms with E-state index in [0.29, 0.717) is 31.7 Å². The summed E-state index contributed by atoms with van der Waals surface area (Å²) in [7, 11) is -0.539. The number of piperazine rings is 1. The zero-order chi connectivity index (χ0) is 18.7. The van der Waals surface area contributed by atoms with Gasteiger partial charge in [-0.05, 0) is 36.4 Å². The summed E-state index contributed by atoms with van der Waals surface area (Å²) in [4.78, 5) is 16.7. The van der Waals surface area contributed by atoms with Crippen LogP contribution in [0.15, 0.2) is 47.5 Å². The molecule has 1 aliphatic heterocycles. The first-order valence-electron chi connectivity index (χ1n) is 8.24. The van der Waals surface area contributed by atoms with Crippen molar-refractivity contribution in [1.29, 1.82) is 0 Å². The van der Waals surface area contributed by atoms with E-state index in [9.17, 15) is 13.2 Å². The van der Waals surface area contributed by atoms with Crippen molar-refractivity contribution < 1.29 is 13.2 Å². The zero-order valence-electron chi connectivity index (χ0n) is 14.7. The Kier molecular flexibility index (Phi) is 5.19. The number of rotatable bonds is 4. The maximum absolute atomic E-state index is 12.7. The van der Waals surface area contributed by atoms with Crippen molar-refractivity contribution in [3.8, 4) is 0 Å². The van der Waals surface area contributed by atoms with Crippen LogP contribution in [0.25, 0.3) is 0 Å². The minimum atomic E-state index is -3.49. The molecule has 2 aromatic rings. The third-order valence-corrected chi connectivity index (χ3v) is 6.16. The molecule has 0 atom stereocenters. The van der Waals surface area contributed by atoms with Gasteiger partial charge in [0.15, 0.2) is 5.82 Å². The lowest BCUT2D eigenvalue weighted by Gasteiger charge is -2.35. The molecule has 2 heterocycles. The molecule has 1 aromatic heterocycles. The van der Waals surface area contributed by atoms with Crippen LogP contribution in [0.5, 0.6) is 0 Å². The van der Waals surface area contributed by atoms with Crippen molar-refractivity contribution in [3.63, 3.8) is 0 Å². The third kappa shape index (κ3) is 3.68. The number of anilines is 1. The molecule has 0 N–H and O–H groups in total. The molecule has 0 unspecified atom stereocenters. The van der Waals surface area contributed by atoms with E-state index in [2.05, 4.69) is 15.1 Å². The summed E-state index contributed by atoms with van der Waals surface area (Å²) < 4.78 is 25.3. The van der Waals surface area contributed by atoms with Gasteiger partial charge in [0.2, 0.25) is 10.0 Å². The number of carbonyl (C=O) groups excluding carboxylic acids is 1. The minimum Gasteiger partial charge on any atom is -0.352 e. The second kappa shape index (κ2) is 7.38. The standard InChI is InChI=1S/C17H21N5O3S/c1-20(2)26(24,25)15-7-5-14(6-8-15)17(23)22-12-10-21(11-13-22)16-4-3-9-18-19-16/h3-9H,10-13H2,1-2H3. The SMILES string of the molecule is CN(C)S(=O)(=O)c1ccc(C(=O)N2CCN(c3cccnn3)CC2)cc1. The number of hydrogen-bond acceptors (Lipinski definition) is 6. The summed E-state index contributed by atoms with van der Waals surface area (Å²) in [6.07, 6.45) is 1.63. The van der Waals surface area contributed by atoms with E-state index in [4.69, 9.17) is 0 Å². The molecule has 0 bridgehead atoms. The van der Waals surface area contributed by atoms with Gasteiger partial charge in [-0.15, -0.1) is 5.10 Å². The first-order chi connectivity index (χ1) is 12.4. The van der Waals surface area contributed by atoms with Gasteiger partial charge in [-0.3, -0.25) is 4.79 Å². The quantitative estimate of drug-likeness (QED) is 0.781. The van der Waals surface area contributed by atoms with Crippen molar-refractivity contribution in [2.75, 3.05) is 45.2 Å². The van der Waals surface area contributed by atoms with E-state index >= 15 is 0 Å². The molecule has 26 heavy (non-hydrogen) atoms. The Morgan fingerprint density at radius 2 is 1.69 bits per heavy atom. The first-order valence-corrected chi connectivity index (χ1v) is 9.68. The van der Waals surface area contributed by atoms with Gasteiger partial charge in [-0.25, -0.2) is 12.7 Å². The van der Waals surface area contributed by atoms with Crippen LogP contribution in [-0.4, -0.2) is 74.0 Å². The highest BCUT2D eigenvalue weighted by atomic mass is 32.2. The largest absolute Gasteiger partial charge is 0.352 e. The summed E-state index contributed by atoms with van der Waals surface area (Å²) in [6.45, 7) is 2.51. The highest BCUT2D eigenvalue weighted by molar-refractivity contribution is 7.89. The van der Waals surface area contributed by atoms with E-state index in [1.807, 2.05) is 12.1 Å². The Morgan fingerprint density at radius 1 is 1.04 bits per heavy atom. The van der Waals surface area contributed by atoms with E-state index < -0.39 is 10.0 Å². The van der Waals surface area contributed by atoms with Gasteiger partial charge in [-0.1, -0.05) is 0 Å². The maximum Gasteiger partial charge on any atom is 0.253 e. The fourth-order valence-electron chi connectivity index (χ4n) is 2.76. The zero-order valence-corrected chi connectivity index (χ0v) is 15.6. The summed E-state index contributed by atoms with van der Waals surface area (Å²) in [5.41, 5.74) is 0.482. The van der Waals surface area contributed by atoms with Crippen LogP contribution in [0.2, 0.25) is 0 Å². The molecular weight excluding hydrogens is 354 g/mol. The fourth-order valence-corrected chi connectivity index (χ4v) is 3.67. The summed E-state index contributed by atoms with van der Waals surface area (Å²) in [5.74, 6) is 0.704. The molecule has 1 aliphatic rings. The second-order valence-electron chi connectivity index (χ2n) is 6.17. The highest BCUT2D eigenvalue weighted by Crippen LogP contribution is 2.17. The lowest BCUT2D eigenvalue weighted by Crippen LogP contribution is -2.49. The number of aromatic nitrogens is 2. The Morgan fingerprint density at radius 3 is 2.23 bits per heavy atom. The smallest absolute Gasteiger partial charge is 0.253 e. The molecule has 3 rings (SSSR count). The Balaban J connectivity index is 1.66. The number of sulfonamides is 1. The van der Waals surface area contributed by atoms with Crippen molar-refractivity contribution in [3.05, 3.63) is 48.2 Å². The van der Waals surface area contributed by atoms with Crippen LogP contribution in [0.3, 0.4) is 0 Å². The average Bonchev–Trinajstić information content (AvgIpc) is 2.68.